The molecule has 1 aliphatic rings. The summed E-state index contributed by atoms with van der Waals surface area (Å²) in [6, 6.07) is 15.6. The molecule has 3 rings (SSSR count). The molecule has 2 aromatic rings. The van der Waals surface area contributed by atoms with Crippen LogP contribution >= 0.6 is 0 Å². The van der Waals surface area contributed by atoms with Crippen LogP contribution in [0.1, 0.15) is 23.6 Å². The molecule has 0 aliphatic carbocycles. The van der Waals surface area contributed by atoms with Crippen molar-refractivity contribution in [1.29, 1.82) is 5.26 Å². The minimum Gasteiger partial charge on any atom is -0.282 e. The molecule has 0 spiro atoms. The molecule has 24 heavy (non-hydrogen) atoms. The first kappa shape index (κ1) is 15.8. The molecule has 3 amide bonds. The van der Waals surface area contributed by atoms with Crippen molar-refractivity contribution in [1.82, 2.24) is 4.90 Å². The van der Waals surface area contributed by atoms with Gasteiger partial charge in [0.25, 0.3) is 5.91 Å². The minimum atomic E-state index is -0.529. The van der Waals surface area contributed by atoms with E-state index in [1.165, 1.54) is 9.80 Å². The minimum absolute atomic E-state index is 0.204. The van der Waals surface area contributed by atoms with Gasteiger partial charge in [0.15, 0.2) is 0 Å². The van der Waals surface area contributed by atoms with Gasteiger partial charge in [-0.25, -0.2) is 4.79 Å². The van der Waals surface area contributed by atoms with E-state index in [4.69, 9.17) is 5.26 Å². The smallest absolute Gasteiger partial charge is 0.282 e. The quantitative estimate of drug-likeness (QED) is 0.816. The Kier molecular flexibility index (Phi) is 4.05. The third kappa shape index (κ3) is 2.74. The summed E-state index contributed by atoms with van der Waals surface area (Å²) in [6.45, 7) is 3.91. The summed E-state index contributed by atoms with van der Waals surface area (Å²) < 4.78 is 0. The SMILES string of the molecule is Cc1ccc(N2C(=O)N(Cc3ccc(C#N)cc3)C(=O)[C@H]2C)cc1. The molecule has 2 aromatic carbocycles. The van der Waals surface area contributed by atoms with Gasteiger partial charge in [-0.2, -0.15) is 5.26 Å². The zero-order valence-corrected chi connectivity index (χ0v) is 13.6. The van der Waals surface area contributed by atoms with Gasteiger partial charge in [0, 0.05) is 5.69 Å². The topological polar surface area (TPSA) is 64.4 Å². The fourth-order valence-corrected chi connectivity index (χ4v) is 2.78. The van der Waals surface area contributed by atoms with Gasteiger partial charge in [-0.05, 0) is 43.7 Å². The summed E-state index contributed by atoms with van der Waals surface area (Å²) in [5.74, 6) is -0.218. The highest BCUT2D eigenvalue weighted by atomic mass is 16.2. The molecule has 1 saturated heterocycles. The fourth-order valence-electron chi connectivity index (χ4n) is 2.78. The van der Waals surface area contributed by atoms with Crippen LogP contribution in [0.5, 0.6) is 0 Å². The van der Waals surface area contributed by atoms with Crippen molar-refractivity contribution in [3.05, 3.63) is 65.2 Å². The van der Waals surface area contributed by atoms with Crippen LogP contribution < -0.4 is 4.90 Å². The van der Waals surface area contributed by atoms with Crippen LogP contribution in [0.2, 0.25) is 0 Å². The second-order valence-electron chi connectivity index (χ2n) is 5.90. The van der Waals surface area contributed by atoms with Gasteiger partial charge in [-0.1, -0.05) is 29.8 Å². The number of urea groups is 1. The molecule has 1 aliphatic heterocycles. The molecule has 1 fully saturated rings. The number of amides is 3. The van der Waals surface area contributed by atoms with E-state index in [0.717, 1.165) is 11.1 Å². The Bertz CT molecular complexity index is 819. The van der Waals surface area contributed by atoms with Gasteiger partial charge in [0.2, 0.25) is 0 Å². The van der Waals surface area contributed by atoms with Gasteiger partial charge >= 0.3 is 6.03 Å². The predicted octanol–water partition coefficient (Wildman–Crippen LogP) is 3.22. The molecule has 5 nitrogen and oxygen atoms in total. The van der Waals surface area contributed by atoms with Crippen LogP contribution in [-0.2, 0) is 11.3 Å². The largest absolute Gasteiger partial charge is 0.332 e. The molecule has 1 atom stereocenters. The first-order valence-electron chi connectivity index (χ1n) is 7.71. The van der Waals surface area contributed by atoms with Gasteiger partial charge in [-0.3, -0.25) is 14.6 Å². The number of hydrogen-bond donors (Lipinski definition) is 0. The monoisotopic (exact) mass is 319 g/mol. The maximum absolute atomic E-state index is 12.7. The zero-order chi connectivity index (χ0) is 17.3. The Hall–Kier alpha value is -3.13. The molecule has 0 aromatic heterocycles. The molecular formula is C19H17N3O2. The van der Waals surface area contributed by atoms with Gasteiger partial charge < -0.3 is 0 Å². The van der Waals surface area contributed by atoms with Crippen molar-refractivity contribution in [3.8, 4) is 6.07 Å². The maximum atomic E-state index is 12.7. The number of imide groups is 1. The van der Waals surface area contributed by atoms with Gasteiger partial charge in [0.1, 0.15) is 6.04 Å². The highest BCUT2D eigenvalue weighted by molar-refractivity contribution is 6.13. The number of carbonyl (C=O) groups excluding carboxylic acids is 2. The van der Waals surface area contributed by atoms with Crippen molar-refractivity contribution in [2.75, 3.05) is 4.90 Å². The molecule has 120 valence electrons. The van der Waals surface area contributed by atoms with E-state index < -0.39 is 6.04 Å². The van der Waals surface area contributed by atoms with Crippen LogP contribution in [-0.4, -0.2) is 22.9 Å². The Morgan fingerprint density at radius 2 is 1.67 bits per heavy atom. The van der Waals surface area contributed by atoms with Crippen molar-refractivity contribution >= 4 is 17.6 Å². The van der Waals surface area contributed by atoms with Crippen molar-refractivity contribution < 1.29 is 9.59 Å². The van der Waals surface area contributed by atoms with E-state index >= 15 is 0 Å². The highest BCUT2D eigenvalue weighted by Gasteiger charge is 2.43. The number of aryl methyl sites for hydroxylation is 1. The Labute approximate surface area is 140 Å². The van der Waals surface area contributed by atoms with E-state index in [2.05, 4.69) is 0 Å². The average molecular weight is 319 g/mol. The van der Waals surface area contributed by atoms with Crippen LogP contribution in [0, 0.1) is 18.3 Å². The van der Waals surface area contributed by atoms with Crippen LogP contribution in [0.15, 0.2) is 48.5 Å². The van der Waals surface area contributed by atoms with E-state index in [1.54, 1.807) is 31.2 Å². The molecule has 0 N–H and O–H groups in total. The van der Waals surface area contributed by atoms with Gasteiger partial charge in [-0.15, -0.1) is 0 Å². The Balaban J connectivity index is 1.84. The molecule has 0 unspecified atom stereocenters. The number of rotatable bonds is 3. The molecular weight excluding hydrogens is 302 g/mol. The normalized spacial score (nSPS) is 17.3. The average Bonchev–Trinajstić information content (AvgIpc) is 2.80. The maximum Gasteiger partial charge on any atom is 0.332 e. The summed E-state index contributed by atoms with van der Waals surface area (Å²) in [5.41, 5.74) is 3.17. The van der Waals surface area contributed by atoms with Gasteiger partial charge in [0.05, 0.1) is 18.2 Å². The highest BCUT2D eigenvalue weighted by Crippen LogP contribution is 2.27. The number of anilines is 1. The van der Waals surface area contributed by atoms with Crippen LogP contribution in [0.3, 0.4) is 0 Å². The lowest BCUT2D eigenvalue weighted by atomic mass is 10.1. The van der Waals surface area contributed by atoms with E-state index in [1.807, 2.05) is 37.3 Å². The third-order valence-corrected chi connectivity index (χ3v) is 4.18. The fraction of sp³-hybridized carbons (Fsp3) is 0.211. The number of benzene rings is 2. The summed E-state index contributed by atoms with van der Waals surface area (Å²) in [4.78, 5) is 28.0. The van der Waals surface area contributed by atoms with Crippen LogP contribution in [0.4, 0.5) is 10.5 Å². The molecule has 0 radical (unpaired) electrons. The molecule has 1 heterocycles. The lowest BCUT2D eigenvalue weighted by Crippen LogP contribution is -2.33. The molecule has 5 heteroatoms. The predicted molar refractivity (Wildman–Crippen MR) is 90.2 cm³/mol. The van der Waals surface area contributed by atoms with E-state index in [-0.39, 0.29) is 18.5 Å². The standard InChI is InChI=1S/C19H17N3O2/c1-13-3-9-17(10-4-13)22-14(2)18(23)21(19(22)24)12-16-7-5-15(11-20)6-8-16/h3-10,14H,12H2,1-2H3/t14-/m1/s1. The Morgan fingerprint density at radius 3 is 2.25 bits per heavy atom. The third-order valence-electron chi connectivity index (χ3n) is 4.18. The Morgan fingerprint density at radius 1 is 1.04 bits per heavy atom. The van der Waals surface area contributed by atoms with Crippen molar-refractivity contribution in [3.63, 3.8) is 0 Å². The zero-order valence-electron chi connectivity index (χ0n) is 13.6. The molecule has 0 saturated carbocycles. The number of nitriles is 1. The number of nitrogens with zero attached hydrogens (tertiary/aromatic N) is 3. The van der Waals surface area contributed by atoms with E-state index in [9.17, 15) is 9.59 Å². The van der Waals surface area contributed by atoms with Crippen molar-refractivity contribution in [2.24, 2.45) is 0 Å². The number of hydrogen-bond acceptors (Lipinski definition) is 3. The second-order valence-corrected chi connectivity index (χ2v) is 5.90. The van der Waals surface area contributed by atoms with Crippen molar-refractivity contribution in [2.45, 2.75) is 26.4 Å². The first-order valence-corrected chi connectivity index (χ1v) is 7.71. The summed E-state index contributed by atoms with van der Waals surface area (Å²) in [7, 11) is 0. The lowest BCUT2D eigenvalue weighted by molar-refractivity contribution is -0.127. The first-order chi connectivity index (χ1) is 11.5. The summed E-state index contributed by atoms with van der Waals surface area (Å²) >= 11 is 0. The van der Waals surface area contributed by atoms with E-state index in [0.29, 0.717) is 11.3 Å². The second kappa shape index (κ2) is 6.17. The van der Waals surface area contributed by atoms with Crippen LogP contribution in [0.25, 0.3) is 0 Å². The number of carbonyl (C=O) groups is 2. The lowest BCUT2D eigenvalue weighted by Gasteiger charge is -2.19. The summed E-state index contributed by atoms with van der Waals surface area (Å²) in [5, 5.41) is 8.84. The summed E-state index contributed by atoms with van der Waals surface area (Å²) in [6.07, 6.45) is 0. The molecule has 0 bridgehead atoms.